The number of halogens is 2. The van der Waals surface area contributed by atoms with Crippen molar-refractivity contribution in [2.75, 3.05) is 16.4 Å². The molecule has 2 aliphatic rings. The Labute approximate surface area is 193 Å². The Kier molecular flexibility index (Phi) is 6.05. The molecule has 1 amide bonds. The van der Waals surface area contributed by atoms with E-state index in [9.17, 15) is 13.2 Å². The van der Waals surface area contributed by atoms with Crippen LogP contribution in [0.15, 0.2) is 45.9 Å². The van der Waals surface area contributed by atoms with E-state index in [0.29, 0.717) is 10.2 Å². The summed E-state index contributed by atoms with van der Waals surface area (Å²) >= 11 is 10.8. The molecule has 2 heterocycles. The van der Waals surface area contributed by atoms with Gasteiger partial charge in [0.05, 0.1) is 24.0 Å². The molecule has 0 radical (unpaired) electrons. The smallest absolute Gasteiger partial charge is 0.252 e. The molecule has 0 aliphatic carbocycles. The molecule has 30 heavy (non-hydrogen) atoms. The number of aryl methyl sites for hydroxylation is 2. The first-order valence-corrected chi connectivity index (χ1v) is 13.3. The van der Waals surface area contributed by atoms with Gasteiger partial charge in [0.2, 0.25) is 0 Å². The number of rotatable bonds is 3. The van der Waals surface area contributed by atoms with Crippen molar-refractivity contribution < 1.29 is 13.2 Å². The van der Waals surface area contributed by atoms with Crippen LogP contribution in [-0.2, 0) is 21.1 Å². The molecule has 2 aliphatic heterocycles. The first-order chi connectivity index (χ1) is 14.1. The summed E-state index contributed by atoms with van der Waals surface area (Å²) in [5, 5.41) is 1.07. The van der Waals surface area contributed by atoms with Gasteiger partial charge in [-0.05, 0) is 54.8 Å². The van der Waals surface area contributed by atoms with Crippen molar-refractivity contribution in [2.45, 2.75) is 31.6 Å². The van der Waals surface area contributed by atoms with E-state index in [-0.39, 0.29) is 35.1 Å². The molecule has 0 unspecified atom stereocenters. The summed E-state index contributed by atoms with van der Waals surface area (Å²) in [6, 6.07) is 10.9. The molecule has 2 atom stereocenters. The van der Waals surface area contributed by atoms with Crippen LogP contribution in [0.3, 0.4) is 0 Å². The van der Waals surface area contributed by atoms with Gasteiger partial charge in [0, 0.05) is 20.4 Å². The Morgan fingerprint density at radius 3 is 2.47 bits per heavy atom. The third-order valence-corrected chi connectivity index (χ3v) is 9.17. The van der Waals surface area contributed by atoms with Crippen molar-refractivity contribution in [2.24, 2.45) is 4.99 Å². The van der Waals surface area contributed by atoms with Crippen LogP contribution in [0, 0.1) is 13.8 Å². The highest BCUT2D eigenvalue weighted by atomic mass is 79.9. The predicted molar refractivity (Wildman–Crippen MR) is 128 cm³/mol. The molecular weight excluding hydrogens is 508 g/mol. The van der Waals surface area contributed by atoms with Crippen LogP contribution in [0.25, 0.3) is 0 Å². The summed E-state index contributed by atoms with van der Waals surface area (Å²) in [4.78, 5) is 19.1. The van der Waals surface area contributed by atoms with Crippen LogP contribution >= 0.6 is 39.3 Å². The third-order valence-electron chi connectivity index (χ3n) is 5.25. The van der Waals surface area contributed by atoms with Gasteiger partial charge < -0.3 is 4.90 Å². The Bertz CT molecular complexity index is 1130. The minimum Gasteiger partial charge on any atom is -0.315 e. The molecule has 9 heteroatoms. The molecule has 0 saturated carbocycles. The number of nitrogens with zero attached hydrogens (tertiary/aromatic N) is 2. The SMILES string of the molecule is Cc1cc(Br)cc(C)c1N1C(=NC(=O)Cc2ccc(Cl)cc2)S[C@@H]2CS(=O)(=O)C[C@H]21. The molecule has 0 spiro atoms. The number of anilines is 1. The number of benzene rings is 2. The van der Waals surface area contributed by atoms with Gasteiger partial charge in [0.15, 0.2) is 15.0 Å². The summed E-state index contributed by atoms with van der Waals surface area (Å²) in [5.41, 5.74) is 3.77. The van der Waals surface area contributed by atoms with Gasteiger partial charge in [0.25, 0.3) is 5.91 Å². The summed E-state index contributed by atoms with van der Waals surface area (Å²) in [6.45, 7) is 3.98. The van der Waals surface area contributed by atoms with Crippen molar-refractivity contribution in [1.82, 2.24) is 0 Å². The lowest BCUT2D eigenvalue weighted by Crippen LogP contribution is -2.38. The van der Waals surface area contributed by atoms with Crippen LogP contribution < -0.4 is 4.90 Å². The second-order valence-corrected chi connectivity index (χ2v) is 12.4. The number of thioether (sulfide) groups is 1. The summed E-state index contributed by atoms with van der Waals surface area (Å²) in [7, 11) is -3.11. The van der Waals surface area contributed by atoms with Gasteiger partial charge in [-0.25, -0.2) is 8.42 Å². The first-order valence-electron chi connectivity index (χ1n) is 9.42. The Morgan fingerprint density at radius 1 is 1.20 bits per heavy atom. The zero-order valence-corrected chi connectivity index (χ0v) is 20.4. The number of carbonyl (C=O) groups excluding carboxylic acids is 1. The topological polar surface area (TPSA) is 66.8 Å². The van der Waals surface area contributed by atoms with E-state index in [1.54, 1.807) is 12.1 Å². The van der Waals surface area contributed by atoms with E-state index < -0.39 is 9.84 Å². The lowest BCUT2D eigenvalue weighted by molar-refractivity contribution is -0.117. The number of aliphatic imine (C=N–C) groups is 1. The van der Waals surface area contributed by atoms with Crippen molar-refractivity contribution in [1.29, 1.82) is 0 Å². The second-order valence-electron chi connectivity index (χ2n) is 7.65. The lowest BCUT2D eigenvalue weighted by atomic mass is 10.1. The van der Waals surface area contributed by atoms with E-state index >= 15 is 0 Å². The van der Waals surface area contributed by atoms with Crippen LogP contribution in [-0.4, -0.2) is 42.3 Å². The van der Waals surface area contributed by atoms with Gasteiger partial charge in [0.1, 0.15) is 0 Å². The number of sulfone groups is 1. The maximum Gasteiger partial charge on any atom is 0.252 e. The second kappa shape index (κ2) is 8.30. The summed E-state index contributed by atoms with van der Waals surface area (Å²) in [5.74, 6) is -0.0814. The minimum absolute atomic E-state index is 0.0734. The predicted octanol–water partition coefficient (Wildman–Crippen LogP) is 4.56. The molecule has 0 N–H and O–H groups in total. The lowest BCUT2D eigenvalue weighted by Gasteiger charge is -2.28. The number of amidine groups is 1. The monoisotopic (exact) mass is 526 g/mol. The molecule has 0 bridgehead atoms. The number of carbonyl (C=O) groups is 1. The number of fused-ring (bicyclic) bond motifs is 1. The average molecular weight is 528 g/mol. The molecular formula is C21H20BrClN2O3S2. The first kappa shape index (κ1) is 21.9. The van der Waals surface area contributed by atoms with Gasteiger partial charge >= 0.3 is 0 Å². The highest BCUT2D eigenvalue weighted by Crippen LogP contribution is 2.43. The number of hydrogen-bond acceptors (Lipinski definition) is 4. The van der Waals surface area contributed by atoms with E-state index in [1.165, 1.54) is 11.8 Å². The van der Waals surface area contributed by atoms with Crippen molar-refractivity contribution >= 4 is 65.9 Å². The number of amides is 1. The van der Waals surface area contributed by atoms with E-state index in [4.69, 9.17) is 11.6 Å². The van der Waals surface area contributed by atoms with Gasteiger partial charge in [-0.3, -0.25) is 4.79 Å². The average Bonchev–Trinajstić information content (AvgIpc) is 3.08. The quantitative estimate of drug-likeness (QED) is 0.585. The van der Waals surface area contributed by atoms with Crippen LogP contribution in [0.4, 0.5) is 5.69 Å². The summed E-state index contributed by atoms with van der Waals surface area (Å²) in [6.07, 6.45) is 0.168. The minimum atomic E-state index is -3.11. The van der Waals surface area contributed by atoms with Crippen LogP contribution in [0.2, 0.25) is 5.02 Å². The molecule has 2 saturated heterocycles. The maximum atomic E-state index is 12.7. The molecule has 5 nitrogen and oxygen atoms in total. The zero-order chi connectivity index (χ0) is 21.6. The fourth-order valence-corrected chi connectivity index (χ4v) is 8.76. The normalized spacial score (nSPS) is 23.7. The van der Waals surface area contributed by atoms with Crippen molar-refractivity contribution in [3.8, 4) is 0 Å². The van der Waals surface area contributed by atoms with Crippen LogP contribution in [0.5, 0.6) is 0 Å². The van der Waals surface area contributed by atoms with Gasteiger partial charge in [-0.15, -0.1) is 0 Å². The zero-order valence-electron chi connectivity index (χ0n) is 16.4. The Hall–Kier alpha value is -1.35. The van der Waals surface area contributed by atoms with E-state index in [0.717, 1.165) is 26.9 Å². The maximum absolute atomic E-state index is 12.7. The van der Waals surface area contributed by atoms with E-state index in [2.05, 4.69) is 20.9 Å². The van der Waals surface area contributed by atoms with Crippen molar-refractivity contribution in [3.63, 3.8) is 0 Å². The molecule has 2 aromatic carbocycles. The fraction of sp³-hybridized carbons (Fsp3) is 0.333. The van der Waals surface area contributed by atoms with Crippen LogP contribution in [0.1, 0.15) is 16.7 Å². The Balaban J connectivity index is 1.70. The van der Waals surface area contributed by atoms with Crippen molar-refractivity contribution in [3.05, 3.63) is 62.6 Å². The Morgan fingerprint density at radius 2 is 1.83 bits per heavy atom. The number of hydrogen-bond donors (Lipinski definition) is 0. The highest BCUT2D eigenvalue weighted by Gasteiger charge is 2.50. The summed E-state index contributed by atoms with van der Waals surface area (Å²) < 4.78 is 25.5. The largest absolute Gasteiger partial charge is 0.315 e. The highest BCUT2D eigenvalue weighted by molar-refractivity contribution is 9.10. The van der Waals surface area contributed by atoms with Gasteiger partial charge in [-0.2, -0.15) is 4.99 Å². The molecule has 2 aromatic rings. The molecule has 0 aromatic heterocycles. The fourth-order valence-electron chi connectivity index (χ4n) is 4.03. The van der Waals surface area contributed by atoms with E-state index in [1.807, 2.05) is 43.0 Å². The molecule has 4 rings (SSSR count). The molecule has 158 valence electrons. The molecule has 2 fully saturated rings. The standard InChI is InChI=1S/C21H20BrClN2O3S2/c1-12-7-15(22)8-13(2)20(12)25-17-10-30(27,28)11-18(17)29-21(25)24-19(26)9-14-3-5-16(23)6-4-14/h3-8,17-18H,9-11H2,1-2H3/t17-,18-/m1/s1. The third kappa shape index (κ3) is 4.47. The van der Waals surface area contributed by atoms with Gasteiger partial charge in [-0.1, -0.05) is 51.4 Å².